The molecule has 0 saturated heterocycles. The van der Waals surface area contributed by atoms with Gasteiger partial charge in [-0.05, 0) is 54.2 Å². The van der Waals surface area contributed by atoms with Crippen molar-refractivity contribution in [2.24, 2.45) is 5.73 Å². The summed E-state index contributed by atoms with van der Waals surface area (Å²) in [4.78, 5) is 27.6. The quantitative estimate of drug-likeness (QED) is 0.608. The van der Waals surface area contributed by atoms with Crippen LogP contribution in [0.15, 0.2) is 72.1 Å². The molecule has 3 rings (SSSR count). The first-order valence-corrected chi connectivity index (χ1v) is 10.0. The lowest BCUT2D eigenvalue weighted by molar-refractivity contribution is 0.0742. The highest BCUT2D eigenvalue weighted by Crippen LogP contribution is 2.17. The Morgan fingerprint density at radius 3 is 2.54 bits per heavy atom. The Morgan fingerprint density at radius 1 is 1.00 bits per heavy atom. The van der Waals surface area contributed by atoms with Gasteiger partial charge in [0, 0.05) is 24.3 Å². The van der Waals surface area contributed by atoms with E-state index in [1.165, 1.54) is 11.3 Å². The molecule has 0 radical (unpaired) electrons. The zero-order chi connectivity index (χ0) is 19.8. The monoisotopic (exact) mass is 393 g/mol. The molecule has 0 aliphatic carbocycles. The van der Waals surface area contributed by atoms with Gasteiger partial charge in [-0.25, -0.2) is 0 Å². The smallest absolute Gasteiger partial charge is 0.265 e. The van der Waals surface area contributed by atoms with E-state index in [1.807, 2.05) is 66.0 Å². The number of amides is 2. The highest BCUT2D eigenvalue weighted by Gasteiger charge is 2.16. The second-order valence-electron chi connectivity index (χ2n) is 6.37. The number of carbonyl (C=O) groups excluding carboxylic acids is 2. The molecule has 3 aromatic rings. The van der Waals surface area contributed by atoms with Crippen LogP contribution in [0.1, 0.15) is 32.0 Å². The normalized spacial score (nSPS) is 10.5. The lowest BCUT2D eigenvalue weighted by Gasteiger charge is -2.23. The van der Waals surface area contributed by atoms with Crippen molar-refractivity contribution in [1.82, 2.24) is 4.90 Å². The summed E-state index contributed by atoms with van der Waals surface area (Å²) in [5.41, 5.74) is 7.96. The molecule has 0 fully saturated rings. The zero-order valence-electron chi connectivity index (χ0n) is 15.5. The van der Waals surface area contributed by atoms with Crippen molar-refractivity contribution < 1.29 is 9.59 Å². The fourth-order valence-electron chi connectivity index (χ4n) is 2.87. The van der Waals surface area contributed by atoms with Crippen molar-refractivity contribution >= 4 is 28.8 Å². The van der Waals surface area contributed by atoms with Gasteiger partial charge in [-0.2, -0.15) is 0 Å². The molecule has 2 amide bonds. The molecule has 144 valence electrons. The maximum atomic E-state index is 12.9. The zero-order valence-corrected chi connectivity index (χ0v) is 16.3. The molecule has 28 heavy (non-hydrogen) atoms. The second-order valence-corrected chi connectivity index (χ2v) is 7.31. The third-order valence-electron chi connectivity index (χ3n) is 4.24. The summed E-state index contributed by atoms with van der Waals surface area (Å²) in [6.45, 7) is 1.56. The topological polar surface area (TPSA) is 75.4 Å². The van der Waals surface area contributed by atoms with Gasteiger partial charge in [-0.15, -0.1) is 11.3 Å². The molecule has 6 heteroatoms. The highest BCUT2D eigenvalue weighted by atomic mass is 32.1. The lowest BCUT2D eigenvalue weighted by Crippen LogP contribution is -2.32. The van der Waals surface area contributed by atoms with Crippen LogP contribution in [0.4, 0.5) is 5.69 Å². The van der Waals surface area contributed by atoms with Crippen LogP contribution in [0.25, 0.3) is 0 Å². The van der Waals surface area contributed by atoms with E-state index in [0.29, 0.717) is 35.8 Å². The van der Waals surface area contributed by atoms with Crippen LogP contribution in [0.3, 0.4) is 0 Å². The van der Waals surface area contributed by atoms with Crippen LogP contribution < -0.4 is 11.1 Å². The van der Waals surface area contributed by atoms with E-state index < -0.39 is 0 Å². The van der Waals surface area contributed by atoms with Crippen molar-refractivity contribution in [3.05, 3.63) is 88.1 Å². The van der Waals surface area contributed by atoms with Gasteiger partial charge in [0.15, 0.2) is 0 Å². The van der Waals surface area contributed by atoms with E-state index in [2.05, 4.69) is 5.32 Å². The van der Waals surface area contributed by atoms with Crippen LogP contribution >= 0.6 is 11.3 Å². The van der Waals surface area contributed by atoms with Crippen molar-refractivity contribution in [1.29, 1.82) is 0 Å². The summed E-state index contributed by atoms with van der Waals surface area (Å²) in [6, 6.07) is 20.5. The molecular formula is C22H23N3O2S. The Labute approximate surface area is 168 Å². The molecular weight excluding hydrogens is 370 g/mol. The molecule has 0 spiro atoms. The van der Waals surface area contributed by atoms with Crippen LogP contribution in [-0.2, 0) is 6.54 Å². The largest absolute Gasteiger partial charge is 0.334 e. The molecule has 0 aliphatic heterocycles. The number of nitrogens with one attached hydrogen (secondary N) is 1. The van der Waals surface area contributed by atoms with E-state index in [1.54, 1.807) is 11.0 Å². The molecule has 3 N–H and O–H groups in total. The van der Waals surface area contributed by atoms with E-state index in [9.17, 15) is 9.59 Å². The van der Waals surface area contributed by atoms with Crippen LogP contribution in [0.5, 0.6) is 0 Å². The molecule has 1 aromatic heterocycles. The number of rotatable bonds is 8. The highest BCUT2D eigenvalue weighted by molar-refractivity contribution is 7.12. The van der Waals surface area contributed by atoms with Crippen molar-refractivity contribution in [2.75, 3.05) is 18.4 Å². The maximum absolute atomic E-state index is 12.9. The van der Waals surface area contributed by atoms with Crippen LogP contribution in [0.2, 0.25) is 0 Å². The average molecular weight is 394 g/mol. The number of hydrogen-bond acceptors (Lipinski definition) is 4. The average Bonchev–Trinajstić information content (AvgIpc) is 3.26. The standard InChI is InChI=1S/C22H23N3O2S/c23-12-6-13-25(22(27)18-8-2-1-3-9-18)16-17-7-4-10-19(15-17)24-21(26)20-11-5-14-28-20/h1-5,7-11,14-15H,6,12-13,16,23H2,(H,24,26). The first kappa shape index (κ1) is 19.8. The van der Waals surface area contributed by atoms with Crippen molar-refractivity contribution in [2.45, 2.75) is 13.0 Å². The summed E-state index contributed by atoms with van der Waals surface area (Å²) >= 11 is 1.40. The number of nitrogens with two attached hydrogens (primary N) is 1. The van der Waals surface area contributed by atoms with E-state index in [0.717, 1.165) is 12.0 Å². The number of carbonyl (C=O) groups is 2. The second kappa shape index (κ2) is 9.82. The van der Waals surface area contributed by atoms with Gasteiger partial charge in [0.05, 0.1) is 4.88 Å². The predicted octanol–water partition coefficient (Wildman–Crippen LogP) is 3.99. The summed E-state index contributed by atoms with van der Waals surface area (Å²) in [5.74, 6) is -0.158. The minimum atomic E-state index is -0.132. The van der Waals surface area contributed by atoms with E-state index >= 15 is 0 Å². The summed E-state index contributed by atoms with van der Waals surface area (Å²) < 4.78 is 0. The third-order valence-corrected chi connectivity index (χ3v) is 5.11. The molecule has 0 bridgehead atoms. The first-order chi connectivity index (χ1) is 13.7. The Kier molecular flexibility index (Phi) is 6.94. The SMILES string of the molecule is NCCCN(Cc1cccc(NC(=O)c2cccs2)c1)C(=O)c1ccccc1. The third kappa shape index (κ3) is 5.28. The van der Waals surface area contributed by atoms with Gasteiger partial charge in [0.1, 0.15) is 0 Å². The van der Waals surface area contributed by atoms with Crippen LogP contribution in [-0.4, -0.2) is 29.8 Å². The van der Waals surface area contributed by atoms with Crippen LogP contribution in [0, 0.1) is 0 Å². The van der Waals surface area contributed by atoms with E-state index in [4.69, 9.17) is 5.73 Å². The Hall–Kier alpha value is -2.96. The van der Waals surface area contributed by atoms with Gasteiger partial charge in [-0.3, -0.25) is 9.59 Å². The fraction of sp³-hybridized carbons (Fsp3) is 0.182. The number of anilines is 1. The van der Waals surface area contributed by atoms with Crippen molar-refractivity contribution in [3.8, 4) is 0 Å². The predicted molar refractivity (Wildman–Crippen MR) is 114 cm³/mol. The number of benzene rings is 2. The summed E-state index contributed by atoms with van der Waals surface area (Å²) in [5, 5.41) is 4.78. The maximum Gasteiger partial charge on any atom is 0.265 e. The van der Waals surface area contributed by atoms with Gasteiger partial charge < -0.3 is 16.0 Å². The fourth-order valence-corrected chi connectivity index (χ4v) is 3.49. The van der Waals surface area contributed by atoms with Crippen molar-refractivity contribution in [3.63, 3.8) is 0 Å². The minimum absolute atomic E-state index is 0.0259. The molecule has 0 atom stereocenters. The Morgan fingerprint density at radius 2 is 1.82 bits per heavy atom. The Balaban J connectivity index is 1.73. The molecule has 0 unspecified atom stereocenters. The van der Waals surface area contributed by atoms with Gasteiger partial charge in [0.25, 0.3) is 11.8 Å². The number of nitrogens with zero attached hydrogens (tertiary/aromatic N) is 1. The molecule has 5 nitrogen and oxygen atoms in total. The number of thiophene rings is 1. The van der Waals surface area contributed by atoms with Gasteiger partial charge in [0.2, 0.25) is 0 Å². The molecule has 0 aliphatic rings. The minimum Gasteiger partial charge on any atom is -0.334 e. The number of hydrogen-bond donors (Lipinski definition) is 2. The summed E-state index contributed by atoms with van der Waals surface area (Å²) in [7, 11) is 0. The molecule has 0 saturated carbocycles. The summed E-state index contributed by atoms with van der Waals surface area (Å²) in [6.07, 6.45) is 0.730. The molecule has 2 aromatic carbocycles. The lowest BCUT2D eigenvalue weighted by atomic mass is 10.1. The Bertz CT molecular complexity index is 911. The van der Waals surface area contributed by atoms with E-state index in [-0.39, 0.29) is 11.8 Å². The molecule has 1 heterocycles. The van der Waals surface area contributed by atoms with Gasteiger partial charge >= 0.3 is 0 Å². The van der Waals surface area contributed by atoms with Gasteiger partial charge in [-0.1, -0.05) is 36.4 Å². The first-order valence-electron chi connectivity index (χ1n) is 9.15.